The molecule has 0 unspecified atom stereocenters. The summed E-state index contributed by atoms with van der Waals surface area (Å²) in [6.45, 7) is 9.87. The summed E-state index contributed by atoms with van der Waals surface area (Å²) in [5.74, 6) is -1.05. The predicted molar refractivity (Wildman–Crippen MR) is 143 cm³/mol. The van der Waals surface area contributed by atoms with Crippen molar-refractivity contribution in [1.82, 2.24) is 5.32 Å². The Labute approximate surface area is 204 Å². The lowest BCUT2D eigenvalue weighted by molar-refractivity contribution is -0.141. The number of aliphatic carboxylic acids is 1. The molecule has 182 valence electrons. The smallest absolute Gasteiger partial charge is 0.302 e. The van der Waals surface area contributed by atoms with Crippen LogP contribution in [-0.2, 0) is 14.3 Å². The summed E-state index contributed by atoms with van der Waals surface area (Å²) >= 11 is 0. The molecule has 34 heavy (non-hydrogen) atoms. The van der Waals surface area contributed by atoms with E-state index < -0.39 is 13.9 Å². The Morgan fingerprint density at radius 1 is 0.765 bits per heavy atom. The van der Waals surface area contributed by atoms with Gasteiger partial charge in [-0.1, -0.05) is 91.0 Å². The highest BCUT2D eigenvalue weighted by Crippen LogP contribution is 2.32. The molecule has 0 bridgehead atoms. The number of hydrogen-bond donors (Lipinski definition) is 2. The van der Waals surface area contributed by atoms with Gasteiger partial charge in [-0.25, -0.2) is 0 Å². The second-order valence-corrected chi connectivity index (χ2v) is 10.6. The number of benzene rings is 3. The van der Waals surface area contributed by atoms with Crippen LogP contribution in [0.25, 0.3) is 0 Å². The molecule has 0 atom stereocenters. The molecule has 0 saturated heterocycles. The molecular weight excluding hydrogens is 445 g/mol. The van der Waals surface area contributed by atoms with Gasteiger partial charge in [0.2, 0.25) is 0 Å². The zero-order valence-corrected chi connectivity index (χ0v) is 21.6. The van der Waals surface area contributed by atoms with Gasteiger partial charge in [0.05, 0.1) is 0 Å². The number of esters is 1. The van der Waals surface area contributed by atoms with Crippen LogP contribution in [0.5, 0.6) is 0 Å². The first kappa shape index (κ1) is 29.0. The molecule has 0 aliphatic heterocycles. The molecule has 6 heteroatoms. The summed E-state index contributed by atoms with van der Waals surface area (Å²) in [5, 5.41) is 14.8. The maximum absolute atomic E-state index is 10.3. The minimum atomic E-state index is -0.833. The second kappa shape index (κ2) is 15.8. The maximum Gasteiger partial charge on any atom is 0.302 e. The van der Waals surface area contributed by atoms with Crippen molar-refractivity contribution in [3.8, 4) is 0 Å². The molecule has 0 fully saturated rings. The third-order valence-corrected chi connectivity index (χ3v) is 6.55. The van der Waals surface area contributed by atoms with Crippen LogP contribution in [0, 0.1) is 0 Å². The number of rotatable bonds is 6. The Morgan fingerprint density at radius 3 is 1.35 bits per heavy atom. The zero-order valence-electron chi connectivity index (χ0n) is 20.7. The molecule has 0 aromatic heterocycles. The summed E-state index contributed by atoms with van der Waals surface area (Å²) in [5.41, 5.74) is 0.0974. The Balaban J connectivity index is 0.000000329. The van der Waals surface area contributed by atoms with Gasteiger partial charge in [0.1, 0.15) is 6.61 Å². The third-order valence-electron chi connectivity index (χ3n) is 4.11. The first-order valence-corrected chi connectivity index (χ1v) is 12.5. The van der Waals surface area contributed by atoms with Crippen molar-refractivity contribution in [2.45, 2.75) is 40.2 Å². The van der Waals surface area contributed by atoms with E-state index in [9.17, 15) is 4.79 Å². The molecular formula is C28H36NO4P. The Kier molecular flexibility index (Phi) is 13.5. The minimum Gasteiger partial charge on any atom is -0.481 e. The van der Waals surface area contributed by atoms with Gasteiger partial charge in [-0.2, -0.15) is 0 Å². The fraction of sp³-hybridized carbons (Fsp3) is 0.286. The van der Waals surface area contributed by atoms with Crippen LogP contribution < -0.4 is 21.2 Å². The Hall–Kier alpha value is -3.01. The first-order valence-electron chi connectivity index (χ1n) is 11.1. The Bertz CT molecular complexity index is 860. The van der Waals surface area contributed by atoms with E-state index in [1.165, 1.54) is 22.8 Å². The highest BCUT2D eigenvalue weighted by molar-refractivity contribution is 7.79. The van der Waals surface area contributed by atoms with Gasteiger partial charge < -0.3 is 15.2 Å². The largest absolute Gasteiger partial charge is 0.481 e. The van der Waals surface area contributed by atoms with Gasteiger partial charge in [0.15, 0.2) is 0 Å². The zero-order chi connectivity index (χ0) is 25.4. The summed E-state index contributed by atoms with van der Waals surface area (Å²) in [7, 11) is -0.446. The van der Waals surface area contributed by atoms with E-state index in [0.717, 1.165) is 6.92 Å². The van der Waals surface area contributed by atoms with Gasteiger partial charge in [-0.3, -0.25) is 9.59 Å². The van der Waals surface area contributed by atoms with E-state index in [1.807, 2.05) is 0 Å². The van der Waals surface area contributed by atoms with Gasteiger partial charge in [-0.15, -0.1) is 0 Å². The molecule has 5 nitrogen and oxygen atoms in total. The predicted octanol–water partition coefficient (Wildman–Crippen LogP) is 4.47. The number of carboxylic acids is 1. The number of carbonyl (C=O) groups is 2. The SMILES string of the molecule is CC(=O)O.CC(=O)OCCNC(C)(C)C.c1ccc(P(c2ccccc2)c2ccccc2)cc1. The van der Waals surface area contributed by atoms with Crippen LogP contribution in [0.3, 0.4) is 0 Å². The van der Waals surface area contributed by atoms with E-state index in [1.54, 1.807) is 0 Å². The van der Waals surface area contributed by atoms with Crippen molar-refractivity contribution < 1.29 is 19.4 Å². The van der Waals surface area contributed by atoms with E-state index in [4.69, 9.17) is 14.6 Å². The van der Waals surface area contributed by atoms with Gasteiger partial charge in [0.25, 0.3) is 5.97 Å². The maximum atomic E-state index is 10.3. The second-order valence-electron chi connectivity index (χ2n) is 8.38. The first-order chi connectivity index (χ1) is 16.1. The standard InChI is InChI=1S/C18H15P.C8H17NO2.C2H4O2/c1-4-10-16(11-5-1)19(17-12-6-2-7-13-17)18-14-8-3-9-15-18;1-7(10)11-6-5-9-8(2,3)4;1-2(3)4/h1-15H;9H,5-6H2,1-4H3;1H3,(H,3,4). The molecule has 0 radical (unpaired) electrons. The van der Waals surface area contributed by atoms with Crippen molar-refractivity contribution >= 4 is 35.8 Å². The van der Waals surface area contributed by atoms with Crippen molar-refractivity contribution in [3.05, 3.63) is 91.0 Å². The topological polar surface area (TPSA) is 75.6 Å². The Morgan fingerprint density at radius 2 is 1.09 bits per heavy atom. The normalized spacial score (nSPS) is 10.3. The number of ether oxygens (including phenoxy) is 1. The number of nitrogens with one attached hydrogen (secondary N) is 1. The summed E-state index contributed by atoms with van der Waals surface area (Å²) in [4.78, 5) is 19.3. The average molecular weight is 482 g/mol. The molecule has 0 heterocycles. The monoisotopic (exact) mass is 481 g/mol. The molecule has 3 aromatic rings. The van der Waals surface area contributed by atoms with Crippen molar-refractivity contribution in [1.29, 1.82) is 0 Å². The average Bonchev–Trinajstić information content (AvgIpc) is 2.79. The van der Waals surface area contributed by atoms with Crippen molar-refractivity contribution in [2.75, 3.05) is 13.2 Å². The summed E-state index contributed by atoms with van der Waals surface area (Å²) in [6.07, 6.45) is 0. The van der Waals surface area contributed by atoms with Crippen LogP contribution in [-0.4, -0.2) is 35.7 Å². The molecule has 2 N–H and O–H groups in total. The van der Waals surface area contributed by atoms with Crippen LogP contribution in [0.2, 0.25) is 0 Å². The lowest BCUT2D eigenvalue weighted by Crippen LogP contribution is -2.38. The fourth-order valence-corrected chi connectivity index (χ4v) is 5.10. The lowest BCUT2D eigenvalue weighted by atomic mass is 10.1. The number of carboxylic acid groups (broad SMARTS) is 1. The van der Waals surface area contributed by atoms with Crippen molar-refractivity contribution in [2.24, 2.45) is 0 Å². The fourth-order valence-electron chi connectivity index (χ4n) is 2.80. The van der Waals surface area contributed by atoms with E-state index >= 15 is 0 Å². The quantitative estimate of drug-likeness (QED) is 0.309. The molecule has 0 aliphatic rings. The molecule has 0 spiro atoms. The minimum absolute atomic E-state index is 0.0974. The summed E-state index contributed by atoms with van der Waals surface area (Å²) in [6, 6.07) is 32.3. The highest BCUT2D eigenvalue weighted by atomic mass is 31.1. The van der Waals surface area contributed by atoms with Crippen molar-refractivity contribution in [3.63, 3.8) is 0 Å². The summed E-state index contributed by atoms with van der Waals surface area (Å²) < 4.78 is 4.74. The van der Waals surface area contributed by atoms with Gasteiger partial charge in [0, 0.05) is 25.9 Å². The van der Waals surface area contributed by atoms with E-state index in [-0.39, 0.29) is 11.5 Å². The van der Waals surface area contributed by atoms with Crippen LogP contribution in [0.4, 0.5) is 0 Å². The van der Waals surface area contributed by atoms with Gasteiger partial charge in [-0.05, 0) is 44.6 Å². The number of hydrogen-bond acceptors (Lipinski definition) is 4. The molecule has 3 aromatic carbocycles. The molecule has 0 amide bonds. The molecule has 0 aliphatic carbocycles. The van der Waals surface area contributed by atoms with Crippen LogP contribution in [0.1, 0.15) is 34.6 Å². The molecule has 3 rings (SSSR count). The number of carbonyl (C=O) groups excluding carboxylic acids is 1. The lowest BCUT2D eigenvalue weighted by Gasteiger charge is -2.19. The van der Waals surface area contributed by atoms with E-state index in [0.29, 0.717) is 13.2 Å². The van der Waals surface area contributed by atoms with Gasteiger partial charge >= 0.3 is 5.97 Å². The van der Waals surface area contributed by atoms with Crippen LogP contribution >= 0.6 is 7.92 Å². The highest BCUT2D eigenvalue weighted by Gasteiger charge is 2.15. The molecule has 0 saturated carbocycles. The third kappa shape index (κ3) is 13.5. The van der Waals surface area contributed by atoms with Crippen LogP contribution in [0.15, 0.2) is 91.0 Å². The van der Waals surface area contributed by atoms with E-state index in [2.05, 4.69) is 117 Å².